The Morgan fingerprint density at radius 1 is 1.20 bits per heavy atom. The van der Waals surface area contributed by atoms with Gasteiger partial charge in [-0.2, -0.15) is 0 Å². The molecule has 0 amide bonds. The monoisotopic (exact) mass is 283 g/mol. The first kappa shape index (κ1) is 11.8. The van der Waals surface area contributed by atoms with Gasteiger partial charge in [0.25, 0.3) is 0 Å². The molecule has 0 saturated heterocycles. The van der Waals surface area contributed by atoms with E-state index in [2.05, 4.69) is 33.8 Å². The predicted molar refractivity (Wildman–Crippen MR) is 78.5 cm³/mol. The van der Waals surface area contributed by atoms with Crippen LogP contribution in [0.15, 0.2) is 52.2 Å². The Hall–Kier alpha value is -2.01. The maximum atomic E-state index is 5.45. The second-order valence-electron chi connectivity index (χ2n) is 4.90. The normalized spacial score (nSPS) is 17.4. The molecular weight excluding hydrogens is 270 g/mol. The number of furan rings is 1. The van der Waals surface area contributed by atoms with E-state index in [-0.39, 0.29) is 0 Å². The number of rotatable bonds is 2. The molecule has 0 aliphatic carbocycles. The smallest absolute Gasteiger partial charge is 0.191 e. The Morgan fingerprint density at radius 3 is 2.95 bits per heavy atom. The number of hydrogen-bond acceptors (Lipinski definition) is 4. The van der Waals surface area contributed by atoms with Crippen LogP contribution in [0, 0.1) is 0 Å². The first-order valence-corrected chi connectivity index (χ1v) is 7.43. The molecule has 3 aromatic rings. The minimum absolute atomic E-state index is 0.563. The third kappa shape index (κ3) is 1.86. The SMILES string of the molecule is CC1Cn2c(nnc2-c2cccc(-c3ccco3)c2)S1. The first-order valence-electron chi connectivity index (χ1n) is 6.55. The highest BCUT2D eigenvalue weighted by Crippen LogP contribution is 2.34. The zero-order valence-corrected chi connectivity index (χ0v) is 11.8. The topological polar surface area (TPSA) is 43.9 Å². The minimum atomic E-state index is 0.563. The van der Waals surface area contributed by atoms with E-state index < -0.39 is 0 Å². The van der Waals surface area contributed by atoms with Crippen LogP contribution >= 0.6 is 11.8 Å². The van der Waals surface area contributed by atoms with Crippen molar-refractivity contribution in [1.29, 1.82) is 0 Å². The van der Waals surface area contributed by atoms with Crippen LogP contribution in [0.4, 0.5) is 0 Å². The van der Waals surface area contributed by atoms with Crippen LogP contribution < -0.4 is 0 Å². The fourth-order valence-corrected chi connectivity index (χ4v) is 3.44. The highest BCUT2D eigenvalue weighted by Gasteiger charge is 2.24. The molecule has 0 fully saturated rings. The second kappa shape index (κ2) is 4.52. The fourth-order valence-electron chi connectivity index (χ4n) is 2.48. The molecule has 4 nitrogen and oxygen atoms in total. The Morgan fingerprint density at radius 2 is 2.10 bits per heavy atom. The van der Waals surface area contributed by atoms with Crippen molar-refractivity contribution in [2.45, 2.75) is 23.9 Å². The molecule has 20 heavy (non-hydrogen) atoms. The third-order valence-electron chi connectivity index (χ3n) is 3.39. The molecule has 0 saturated carbocycles. The van der Waals surface area contributed by atoms with Gasteiger partial charge in [0.15, 0.2) is 11.0 Å². The van der Waals surface area contributed by atoms with Gasteiger partial charge in [-0.15, -0.1) is 10.2 Å². The number of thioether (sulfide) groups is 1. The van der Waals surface area contributed by atoms with Crippen LogP contribution in [0.2, 0.25) is 0 Å². The highest BCUT2D eigenvalue weighted by atomic mass is 32.2. The quantitative estimate of drug-likeness (QED) is 0.719. The molecule has 1 aliphatic heterocycles. The molecule has 5 heteroatoms. The molecule has 0 bridgehead atoms. The summed E-state index contributed by atoms with van der Waals surface area (Å²) in [6.45, 7) is 3.18. The zero-order valence-electron chi connectivity index (χ0n) is 11.0. The number of benzene rings is 1. The number of nitrogens with zero attached hydrogens (tertiary/aromatic N) is 3. The molecule has 1 aliphatic rings. The van der Waals surface area contributed by atoms with Crippen LogP contribution in [0.3, 0.4) is 0 Å². The zero-order chi connectivity index (χ0) is 13.5. The van der Waals surface area contributed by atoms with Crippen LogP contribution in [0.1, 0.15) is 6.92 Å². The Balaban J connectivity index is 1.79. The van der Waals surface area contributed by atoms with Gasteiger partial charge in [-0.25, -0.2) is 0 Å². The summed E-state index contributed by atoms with van der Waals surface area (Å²) in [6.07, 6.45) is 1.69. The molecule has 1 atom stereocenters. The van der Waals surface area contributed by atoms with E-state index >= 15 is 0 Å². The summed E-state index contributed by atoms with van der Waals surface area (Å²) in [6, 6.07) is 12.1. The van der Waals surface area contributed by atoms with E-state index in [1.54, 1.807) is 18.0 Å². The van der Waals surface area contributed by atoms with Crippen molar-refractivity contribution in [2.24, 2.45) is 0 Å². The van der Waals surface area contributed by atoms with Crippen molar-refractivity contribution >= 4 is 11.8 Å². The lowest BCUT2D eigenvalue weighted by Gasteiger charge is -2.05. The van der Waals surface area contributed by atoms with Gasteiger partial charge in [-0.1, -0.05) is 36.9 Å². The average Bonchev–Trinajstić information content (AvgIpc) is 3.14. The highest BCUT2D eigenvalue weighted by molar-refractivity contribution is 7.99. The maximum Gasteiger partial charge on any atom is 0.191 e. The van der Waals surface area contributed by atoms with Gasteiger partial charge in [0.05, 0.1) is 6.26 Å². The van der Waals surface area contributed by atoms with E-state index in [1.165, 1.54) is 0 Å². The van der Waals surface area contributed by atoms with Gasteiger partial charge in [-0.3, -0.25) is 0 Å². The van der Waals surface area contributed by atoms with Crippen molar-refractivity contribution in [3.8, 4) is 22.7 Å². The standard InChI is InChI=1S/C15H13N3OS/c1-10-9-18-14(16-17-15(18)20-10)12-5-2-4-11(8-12)13-6-3-7-19-13/h2-8,10H,9H2,1H3. The number of fused-ring (bicyclic) bond motifs is 1. The Labute approximate surface area is 120 Å². The van der Waals surface area contributed by atoms with Crippen LogP contribution in [-0.2, 0) is 6.54 Å². The minimum Gasteiger partial charge on any atom is -0.464 e. The molecule has 2 aromatic heterocycles. The van der Waals surface area contributed by atoms with E-state index in [9.17, 15) is 0 Å². The van der Waals surface area contributed by atoms with Crippen LogP contribution in [-0.4, -0.2) is 20.0 Å². The summed E-state index contributed by atoms with van der Waals surface area (Å²) in [4.78, 5) is 0. The van der Waals surface area contributed by atoms with Crippen molar-refractivity contribution < 1.29 is 4.42 Å². The molecule has 4 rings (SSSR count). The maximum absolute atomic E-state index is 5.45. The number of aromatic nitrogens is 3. The molecule has 1 aromatic carbocycles. The predicted octanol–water partition coefficient (Wildman–Crippen LogP) is 3.70. The summed E-state index contributed by atoms with van der Waals surface area (Å²) in [5, 5.41) is 10.2. The van der Waals surface area contributed by atoms with Crippen molar-refractivity contribution in [3.63, 3.8) is 0 Å². The molecule has 0 spiro atoms. The molecule has 100 valence electrons. The van der Waals surface area contributed by atoms with Gasteiger partial charge in [-0.05, 0) is 18.2 Å². The summed E-state index contributed by atoms with van der Waals surface area (Å²) in [5.41, 5.74) is 2.14. The van der Waals surface area contributed by atoms with E-state index in [4.69, 9.17) is 4.42 Å². The van der Waals surface area contributed by atoms with Crippen LogP contribution in [0.5, 0.6) is 0 Å². The summed E-state index contributed by atoms with van der Waals surface area (Å²) in [5.74, 6) is 1.81. The second-order valence-corrected chi connectivity index (χ2v) is 6.31. The summed E-state index contributed by atoms with van der Waals surface area (Å²) >= 11 is 1.78. The molecule has 3 heterocycles. The van der Waals surface area contributed by atoms with E-state index in [1.807, 2.05) is 24.3 Å². The van der Waals surface area contributed by atoms with Gasteiger partial charge in [0, 0.05) is 22.9 Å². The van der Waals surface area contributed by atoms with Gasteiger partial charge >= 0.3 is 0 Å². The lowest BCUT2D eigenvalue weighted by molar-refractivity contribution is 0.582. The van der Waals surface area contributed by atoms with Crippen molar-refractivity contribution in [2.75, 3.05) is 0 Å². The molecule has 0 radical (unpaired) electrons. The van der Waals surface area contributed by atoms with Crippen LogP contribution in [0.25, 0.3) is 22.7 Å². The van der Waals surface area contributed by atoms with Gasteiger partial charge in [0.1, 0.15) is 5.76 Å². The molecular formula is C15H13N3OS. The Bertz CT molecular complexity index is 748. The van der Waals surface area contributed by atoms with Crippen molar-refractivity contribution in [3.05, 3.63) is 42.7 Å². The number of hydrogen-bond donors (Lipinski definition) is 0. The Kier molecular flexibility index (Phi) is 2.67. The van der Waals surface area contributed by atoms with Gasteiger partial charge in [0.2, 0.25) is 0 Å². The van der Waals surface area contributed by atoms with Gasteiger partial charge < -0.3 is 8.98 Å². The lowest BCUT2D eigenvalue weighted by atomic mass is 10.1. The third-order valence-corrected chi connectivity index (χ3v) is 4.45. The molecule has 1 unspecified atom stereocenters. The van der Waals surface area contributed by atoms with Crippen molar-refractivity contribution in [1.82, 2.24) is 14.8 Å². The summed E-state index contributed by atoms with van der Waals surface area (Å²) in [7, 11) is 0. The van der Waals surface area contributed by atoms with E-state index in [0.717, 1.165) is 34.4 Å². The summed E-state index contributed by atoms with van der Waals surface area (Å²) < 4.78 is 7.65. The van der Waals surface area contributed by atoms with E-state index in [0.29, 0.717) is 5.25 Å². The largest absolute Gasteiger partial charge is 0.464 e. The molecule has 0 N–H and O–H groups in total. The average molecular weight is 283 g/mol. The fraction of sp³-hybridized carbons (Fsp3) is 0.200. The first-order chi connectivity index (χ1) is 9.81. The lowest BCUT2D eigenvalue weighted by Crippen LogP contribution is -2.02.